The summed E-state index contributed by atoms with van der Waals surface area (Å²) in [4.78, 5) is 16.7. The van der Waals surface area contributed by atoms with Crippen molar-refractivity contribution in [3.8, 4) is 11.1 Å². The van der Waals surface area contributed by atoms with Gasteiger partial charge in [-0.3, -0.25) is 4.98 Å². The average Bonchev–Trinajstić information content (AvgIpc) is 2.87. The van der Waals surface area contributed by atoms with Crippen LogP contribution in [0.2, 0.25) is 0 Å². The lowest BCUT2D eigenvalue weighted by Crippen LogP contribution is -2.49. The minimum Gasteiger partial charge on any atom is -0.499 e. The SMILES string of the molecule is C=CO[C@H](C)[C@H]1[C@@H](/C=C/c2ccc(-c3cccc(F)c3)cn2)[C@@H]2CC[C@@H](NC(=O)OCC)C[C@H]2C[C@H]1C. The average molecular weight is 507 g/mol. The van der Waals surface area contributed by atoms with Gasteiger partial charge in [-0.1, -0.05) is 37.8 Å². The third kappa shape index (κ3) is 6.60. The molecule has 2 aromatic rings. The summed E-state index contributed by atoms with van der Waals surface area (Å²) in [5, 5.41) is 3.07. The van der Waals surface area contributed by atoms with Crippen LogP contribution in [0.4, 0.5) is 9.18 Å². The molecule has 1 N–H and O–H groups in total. The van der Waals surface area contributed by atoms with Gasteiger partial charge in [0.1, 0.15) is 5.82 Å². The van der Waals surface area contributed by atoms with Gasteiger partial charge in [-0.05, 0) is 93.0 Å². The van der Waals surface area contributed by atoms with E-state index in [1.165, 1.54) is 12.1 Å². The van der Waals surface area contributed by atoms with Gasteiger partial charge in [0, 0.05) is 23.7 Å². The molecule has 2 fully saturated rings. The minimum atomic E-state index is -0.315. The second kappa shape index (κ2) is 12.4. The smallest absolute Gasteiger partial charge is 0.407 e. The van der Waals surface area contributed by atoms with Gasteiger partial charge in [0.2, 0.25) is 0 Å². The first kappa shape index (κ1) is 26.9. The molecule has 2 aliphatic carbocycles. The summed E-state index contributed by atoms with van der Waals surface area (Å²) in [5.74, 6) is 1.95. The van der Waals surface area contributed by atoms with Crippen LogP contribution in [0.1, 0.15) is 52.1 Å². The topological polar surface area (TPSA) is 60.5 Å². The second-order valence-electron chi connectivity index (χ2n) is 10.5. The molecule has 198 valence electrons. The van der Waals surface area contributed by atoms with Crippen LogP contribution < -0.4 is 5.32 Å². The monoisotopic (exact) mass is 506 g/mol. The fourth-order valence-electron chi connectivity index (χ4n) is 6.68. The molecule has 0 spiro atoms. The van der Waals surface area contributed by atoms with Crippen LogP contribution in [-0.2, 0) is 9.47 Å². The standard InChI is InChI=1S/C31H39FN2O3/c1-5-36-21(4)30-20(3)16-24-18-27(34-31(35)37-6-2)13-14-28(24)29(30)15-12-26-11-10-23(19-33-26)22-8-7-9-25(32)17-22/h5,7-12,15,17,19-21,24,27-30H,1,6,13-14,16,18H2,2-4H3,(H,34,35)/b15-12+/t20-,21-,24-,27-,28-,29+,30+/m1/s1. The number of allylic oxidation sites excluding steroid dienone is 1. The number of rotatable bonds is 8. The third-order valence-electron chi connectivity index (χ3n) is 8.20. The fraction of sp³-hybridized carbons (Fsp3) is 0.484. The highest BCUT2D eigenvalue weighted by molar-refractivity contribution is 5.67. The number of ether oxygens (including phenoxy) is 2. The first-order valence-corrected chi connectivity index (χ1v) is 13.5. The lowest BCUT2D eigenvalue weighted by molar-refractivity contribution is -0.0336. The summed E-state index contributed by atoms with van der Waals surface area (Å²) in [6.45, 7) is 10.5. The molecule has 1 aromatic heterocycles. The number of carbonyl (C=O) groups is 1. The molecule has 1 amide bonds. The Kier molecular flexibility index (Phi) is 9.01. The van der Waals surface area contributed by atoms with Crippen molar-refractivity contribution in [2.45, 2.75) is 58.6 Å². The Balaban J connectivity index is 1.53. The highest BCUT2D eigenvalue weighted by Gasteiger charge is 2.46. The van der Waals surface area contributed by atoms with Gasteiger partial charge in [0.05, 0.1) is 24.7 Å². The molecule has 5 nitrogen and oxygen atoms in total. The number of alkyl carbamates (subject to hydrolysis) is 1. The number of carbonyl (C=O) groups excluding carboxylic acids is 1. The van der Waals surface area contributed by atoms with Gasteiger partial charge in [-0.15, -0.1) is 0 Å². The molecule has 6 heteroatoms. The summed E-state index contributed by atoms with van der Waals surface area (Å²) in [7, 11) is 0. The van der Waals surface area contributed by atoms with Crippen LogP contribution in [0.15, 0.2) is 61.5 Å². The molecule has 0 unspecified atom stereocenters. The van der Waals surface area contributed by atoms with Crippen LogP contribution in [0.5, 0.6) is 0 Å². The van der Waals surface area contributed by atoms with Crippen LogP contribution in [0, 0.1) is 35.4 Å². The van der Waals surface area contributed by atoms with Gasteiger partial charge >= 0.3 is 6.09 Å². The number of halogens is 1. The van der Waals surface area contributed by atoms with Crippen LogP contribution in [0.25, 0.3) is 17.2 Å². The zero-order valence-corrected chi connectivity index (χ0v) is 22.1. The van der Waals surface area contributed by atoms with Crippen molar-refractivity contribution in [1.82, 2.24) is 10.3 Å². The van der Waals surface area contributed by atoms with Crippen molar-refractivity contribution < 1.29 is 18.7 Å². The molecule has 0 aliphatic heterocycles. The molecule has 0 bridgehead atoms. The maximum absolute atomic E-state index is 13.6. The molecule has 2 aliphatic rings. The van der Waals surface area contributed by atoms with E-state index < -0.39 is 0 Å². The van der Waals surface area contributed by atoms with Crippen LogP contribution >= 0.6 is 0 Å². The fourth-order valence-corrected chi connectivity index (χ4v) is 6.68. The lowest BCUT2D eigenvalue weighted by Gasteiger charge is -2.50. The van der Waals surface area contributed by atoms with Crippen molar-refractivity contribution >= 4 is 12.2 Å². The van der Waals surface area contributed by atoms with Crippen molar-refractivity contribution in [3.63, 3.8) is 0 Å². The molecule has 1 aromatic carbocycles. The maximum atomic E-state index is 13.6. The van der Waals surface area contributed by atoms with Crippen LogP contribution in [-0.4, -0.2) is 29.8 Å². The predicted octanol–water partition coefficient (Wildman–Crippen LogP) is 7.25. The molecular weight excluding hydrogens is 467 g/mol. The molecule has 1 heterocycles. The Morgan fingerprint density at radius 1 is 1.24 bits per heavy atom. The zero-order chi connectivity index (χ0) is 26.4. The zero-order valence-electron chi connectivity index (χ0n) is 22.1. The summed E-state index contributed by atoms with van der Waals surface area (Å²) in [6.07, 6.45) is 11.6. The molecule has 0 saturated heterocycles. The largest absolute Gasteiger partial charge is 0.499 e. The van der Waals surface area contributed by atoms with Gasteiger partial charge in [0.25, 0.3) is 0 Å². The number of hydrogen-bond donors (Lipinski definition) is 1. The maximum Gasteiger partial charge on any atom is 0.407 e. The van der Waals surface area contributed by atoms with Gasteiger partial charge in [-0.25, -0.2) is 9.18 Å². The van der Waals surface area contributed by atoms with Gasteiger partial charge < -0.3 is 14.8 Å². The Bertz CT molecular complexity index is 1090. The Labute approximate surface area is 220 Å². The van der Waals surface area contributed by atoms with Crippen LogP contribution in [0.3, 0.4) is 0 Å². The second-order valence-corrected chi connectivity index (χ2v) is 10.5. The summed E-state index contributed by atoms with van der Waals surface area (Å²) >= 11 is 0. The van der Waals surface area contributed by atoms with E-state index in [0.717, 1.165) is 42.5 Å². The van der Waals surface area contributed by atoms with Crippen molar-refractivity contribution in [3.05, 3.63) is 73.0 Å². The Morgan fingerprint density at radius 3 is 2.78 bits per heavy atom. The van der Waals surface area contributed by atoms with Gasteiger partial charge in [-0.2, -0.15) is 0 Å². The number of amides is 1. The Hall–Kier alpha value is -3.15. The number of fused-ring (bicyclic) bond motifs is 1. The number of benzene rings is 1. The van der Waals surface area contributed by atoms with E-state index in [-0.39, 0.29) is 24.1 Å². The van der Waals surface area contributed by atoms with E-state index in [1.807, 2.05) is 25.1 Å². The number of nitrogens with one attached hydrogen (secondary N) is 1. The van der Waals surface area contributed by atoms with E-state index in [2.05, 4.69) is 42.9 Å². The highest BCUT2D eigenvalue weighted by atomic mass is 19.1. The summed E-state index contributed by atoms with van der Waals surface area (Å²) < 4.78 is 24.6. The molecular formula is C31H39FN2O3. The van der Waals surface area contributed by atoms with Crippen molar-refractivity contribution in [1.29, 1.82) is 0 Å². The first-order valence-electron chi connectivity index (χ1n) is 13.5. The summed E-state index contributed by atoms with van der Waals surface area (Å²) in [5.41, 5.74) is 2.58. The predicted molar refractivity (Wildman–Crippen MR) is 145 cm³/mol. The molecule has 2 saturated carbocycles. The van der Waals surface area contributed by atoms with E-state index in [9.17, 15) is 9.18 Å². The van der Waals surface area contributed by atoms with E-state index in [4.69, 9.17) is 9.47 Å². The third-order valence-corrected chi connectivity index (χ3v) is 8.20. The van der Waals surface area contributed by atoms with E-state index >= 15 is 0 Å². The molecule has 37 heavy (non-hydrogen) atoms. The lowest BCUT2D eigenvalue weighted by atomic mass is 9.56. The first-order chi connectivity index (χ1) is 17.9. The molecule has 7 atom stereocenters. The number of hydrogen-bond acceptors (Lipinski definition) is 4. The normalized spacial score (nSPS) is 28.2. The van der Waals surface area contributed by atoms with E-state index in [0.29, 0.717) is 36.2 Å². The number of pyridine rings is 1. The molecule has 4 rings (SSSR count). The number of nitrogens with zero attached hydrogens (tertiary/aromatic N) is 1. The number of aromatic nitrogens is 1. The highest BCUT2D eigenvalue weighted by Crippen LogP contribution is 2.51. The molecule has 0 radical (unpaired) electrons. The summed E-state index contributed by atoms with van der Waals surface area (Å²) in [6, 6.07) is 10.7. The van der Waals surface area contributed by atoms with Gasteiger partial charge in [0.15, 0.2) is 0 Å². The quantitative estimate of drug-likeness (QED) is 0.383. The van der Waals surface area contributed by atoms with Crippen molar-refractivity contribution in [2.75, 3.05) is 6.61 Å². The van der Waals surface area contributed by atoms with E-state index in [1.54, 1.807) is 18.5 Å². The van der Waals surface area contributed by atoms with Crippen molar-refractivity contribution in [2.24, 2.45) is 29.6 Å². The minimum absolute atomic E-state index is 0.0572. The Morgan fingerprint density at radius 2 is 2.08 bits per heavy atom.